The van der Waals surface area contributed by atoms with Crippen molar-refractivity contribution in [3.63, 3.8) is 0 Å². The minimum Gasteiger partial charge on any atom is -0.455 e. The van der Waals surface area contributed by atoms with Crippen molar-refractivity contribution in [2.75, 3.05) is 18.2 Å². The number of nitrogens with zero attached hydrogens (tertiary/aromatic N) is 1. The van der Waals surface area contributed by atoms with E-state index in [1.165, 1.54) is 4.90 Å². The Labute approximate surface area is 97.1 Å². The molecule has 0 saturated carbocycles. The molecule has 0 aromatic rings. The largest absolute Gasteiger partial charge is 0.455 e. The van der Waals surface area contributed by atoms with Gasteiger partial charge in [0.15, 0.2) is 0 Å². The van der Waals surface area contributed by atoms with Gasteiger partial charge < -0.3 is 9.64 Å². The summed E-state index contributed by atoms with van der Waals surface area (Å²) in [6.07, 6.45) is 5.29. The summed E-state index contributed by atoms with van der Waals surface area (Å²) in [5, 5.41) is 0. The number of halogens is 1. The van der Waals surface area contributed by atoms with Gasteiger partial charge in [0.25, 0.3) is 0 Å². The van der Waals surface area contributed by atoms with Crippen LogP contribution < -0.4 is 0 Å². The second kappa shape index (κ2) is 7.62. The van der Waals surface area contributed by atoms with E-state index >= 15 is 0 Å². The van der Waals surface area contributed by atoms with E-state index < -0.39 is 0 Å². The van der Waals surface area contributed by atoms with Gasteiger partial charge in [0.05, 0.1) is 13.0 Å². The zero-order valence-corrected chi connectivity index (χ0v) is 10.1. The maximum Gasteiger partial charge on any atom is 0.307 e. The monoisotopic (exact) mass is 309 g/mol. The van der Waals surface area contributed by atoms with E-state index in [0.29, 0.717) is 4.61 Å². The van der Waals surface area contributed by atoms with E-state index in [1.807, 2.05) is 22.6 Å². The standard InChI is InChI=1S/C9H12INO3/c1-3-6-11(2)8(12)4-5-9(13)14-7-10/h1H,4-7H2,2H3. The van der Waals surface area contributed by atoms with E-state index in [9.17, 15) is 9.59 Å². The SMILES string of the molecule is C#CCN(C)C(=O)CCC(=O)OCI. The van der Waals surface area contributed by atoms with Crippen LogP contribution in [-0.4, -0.2) is 35.0 Å². The second-order valence-electron chi connectivity index (χ2n) is 2.58. The summed E-state index contributed by atoms with van der Waals surface area (Å²) in [7, 11) is 1.60. The first-order valence-corrected chi connectivity index (χ1v) is 5.53. The van der Waals surface area contributed by atoms with Crippen molar-refractivity contribution in [2.24, 2.45) is 0 Å². The van der Waals surface area contributed by atoms with Gasteiger partial charge in [-0.15, -0.1) is 6.42 Å². The molecule has 0 rings (SSSR count). The van der Waals surface area contributed by atoms with Gasteiger partial charge in [-0.2, -0.15) is 0 Å². The highest BCUT2D eigenvalue weighted by Gasteiger charge is 2.10. The quantitative estimate of drug-likeness (QED) is 0.326. The van der Waals surface area contributed by atoms with Crippen LogP contribution in [0.2, 0.25) is 0 Å². The lowest BCUT2D eigenvalue weighted by Gasteiger charge is -2.12. The van der Waals surface area contributed by atoms with Crippen LogP contribution in [0.1, 0.15) is 12.8 Å². The summed E-state index contributed by atoms with van der Waals surface area (Å²) in [6.45, 7) is 0.264. The zero-order chi connectivity index (χ0) is 11.0. The normalized spacial score (nSPS) is 8.93. The molecule has 14 heavy (non-hydrogen) atoms. The number of amides is 1. The minimum absolute atomic E-state index is 0.108. The molecule has 0 aliphatic carbocycles. The molecule has 0 aromatic heterocycles. The van der Waals surface area contributed by atoms with Gasteiger partial charge in [-0.1, -0.05) is 5.92 Å². The number of terminal acetylenes is 1. The topological polar surface area (TPSA) is 46.6 Å². The van der Waals surface area contributed by atoms with Crippen LogP contribution in [0.4, 0.5) is 0 Å². The fraction of sp³-hybridized carbons (Fsp3) is 0.556. The molecule has 1 amide bonds. The molecule has 0 aromatic carbocycles. The fourth-order valence-electron chi connectivity index (χ4n) is 0.758. The maximum atomic E-state index is 11.3. The molecule has 0 spiro atoms. The Bertz CT molecular complexity index is 247. The van der Waals surface area contributed by atoms with Crippen molar-refractivity contribution < 1.29 is 14.3 Å². The molecule has 0 bridgehead atoms. The van der Waals surface area contributed by atoms with Crippen molar-refractivity contribution in [1.82, 2.24) is 4.90 Å². The molecule has 78 valence electrons. The first-order valence-electron chi connectivity index (χ1n) is 4.00. The number of ether oxygens (including phenoxy) is 1. The van der Waals surface area contributed by atoms with Crippen molar-refractivity contribution >= 4 is 34.5 Å². The molecular weight excluding hydrogens is 297 g/mol. The molecule has 0 aliphatic heterocycles. The molecule has 0 radical (unpaired) electrons. The third-order valence-corrected chi connectivity index (χ3v) is 1.82. The van der Waals surface area contributed by atoms with Crippen LogP contribution in [0.25, 0.3) is 0 Å². The van der Waals surface area contributed by atoms with Gasteiger partial charge in [0.2, 0.25) is 5.91 Å². The van der Waals surface area contributed by atoms with Gasteiger partial charge in [0, 0.05) is 13.5 Å². The summed E-state index contributed by atoms with van der Waals surface area (Å²) < 4.78 is 4.98. The Hall–Kier alpha value is -0.770. The first kappa shape index (κ1) is 13.2. The second-order valence-corrected chi connectivity index (χ2v) is 3.20. The molecule has 0 heterocycles. The predicted molar refractivity (Wildman–Crippen MR) is 60.7 cm³/mol. The lowest BCUT2D eigenvalue weighted by molar-refractivity contribution is -0.143. The molecule has 0 aliphatic rings. The third kappa shape index (κ3) is 5.80. The molecular formula is C9H12INO3. The summed E-state index contributed by atoms with van der Waals surface area (Å²) >= 11 is 1.92. The Morgan fingerprint density at radius 1 is 1.50 bits per heavy atom. The molecule has 0 N–H and O–H groups in total. The molecule has 0 fully saturated rings. The fourth-order valence-corrected chi connectivity index (χ4v) is 1.11. The Kier molecular flexibility index (Phi) is 7.20. The third-order valence-electron chi connectivity index (χ3n) is 1.51. The number of alkyl halides is 1. The average molecular weight is 309 g/mol. The number of esters is 1. The summed E-state index contributed by atoms with van der Waals surface area (Å²) in [5.74, 6) is 1.84. The molecule has 5 heteroatoms. The van der Waals surface area contributed by atoms with Crippen LogP contribution in [0, 0.1) is 12.3 Å². The number of carbonyl (C=O) groups excluding carboxylic acids is 2. The van der Waals surface area contributed by atoms with Crippen molar-refractivity contribution in [1.29, 1.82) is 0 Å². The van der Waals surface area contributed by atoms with Crippen LogP contribution in [-0.2, 0) is 14.3 Å². The summed E-state index contributed by atoms with van der Waals surface area (Å²) in [4.78, 5) is 23.6. The Morgan fingerprint density at radius 3 is 2.64 bits per heavy atom. The van der Waals surface area contributed by atoms with E-state index in [0.717, 1.165) is 0 Å². The van der Waals surface area contributed by atoms with Gasteiger partial charge in [-0.25, -0.2) is 0 Å². The van der Waals surface area contributed by atoms with Gasteiger partial charge in [-0.3, -0.25) is 9.59 Å². The molecule has 4 nitrogen and oxygen atoms in total. The van der Waals surface area contributed by atoms with E-state index in [-0.39, 0.29) is 31.3 Å². The lowest BCUT2D eigenvalue weighted by Crippen LogP contribution is -2.27. The van der Waals surface area contributed by atoms with E-state index in [2.05, 4.69) is 10.7 Å². The number of rotatable bonds is 5. The van der Waals surface area contributed by atoms with Gasteiger partial charge in [-0.05, 0) is 22.6 Å². The van der Waals surface area contributed by atoms with Crippen LogP contribution in [0.3, 0.4) is 0 Å². The highest BCUT2D eigenvalue weighted by atomic mass is 127. The summed E-state index contributed by atoms with van der Waals surface area (Å²) in [5.41, 5.74) is 0. The smallest absolute Gasteiger partial charge is 0.307 e. The van der Waals surface area contributed by atoms with Crippen LogP contribution >= 0.6 is 22.6 Å². The van der Waals surface area contributed by atoms with Crippen molar-refractivity contribution in [3.8, 4) is 12.3 Å². The van der Waals surface area contributed by atoms with E-state index in [1.54, 1.807) is 7.05 Å². The molecule has 0 unspecified atom stereocenters. The zero-order valence-electron chi connectivity index (χ0n) is 7.96. The van der Waals surface area contributed by atoms with Crippen LogP contribution in [0.5, 0.6) is 0 Å². The maximum absolute atomic E-state index is 11.3. The number of carbonyl (C=O) groups is 2. The highest BCUT2D eigenvalue weighted by Crippen LogP contribution is 1.98. The minimum atomic E-state index is -0.359. The highest BCUT2D eigenvalue weighted by molar-refractivity contribution is 14.1. The molecule has 0 atom stereocenters. The Balaban J connectivity index is 3.74. The van der Waals surface area contributed by atoms with Gasteiger partial charge in [0.1, 0.15) is 4.61 Å². The van der Waals surface area contributed by atoms with E-state index in [4.69, 9.17) is 6.42 Å². The van der Waals surface area contributed by atoms with Crippen molar-refractivity contribution in [3.05, 3.63) is 0 Å². The number of hydrogen-bond donors (Lipinski definition) is 0. The predicted octanol–water partition coefficient (Wildman–Crippen LogP) is 0.794. The van der Waals surface area contributed by atoms with Crippen LogP contribution in [0.15, 0.2) is 0 Å². The average Bonchev–Trinajstić information content (AvgIpc) is 2.15. The molecule has 0 saturated heterocycles. The van der Waals surface area contributed by atoms with Crippen molar-refractivity contribution in [2.45, 2.75) is 12.8 Å². The first-order chi connectivity index (χ1) is 6.61. The number of hydrogen-bond acceptors (Lipinski definition) is 3. The Morgan fingerprint density at radius 2 is 2.14 bits per heavy atom. The lowest BCUT2D eigenvalue weighted by atomic mass is 10.3. The van der Waals surface area contributed by atoms with Gasteiger partial charge >= 0.3 is 5.97 Å². The summed E-state index contributed by atoms with van der Waals surface area (Å²) in [6, 6.07) is 0.